The zero-order valence-corrected chi connectivity index (χ0v) is 14.3. The van der Waals surface area contributed by atoms with Crippen LogP contribution < -0.4 is 9.57 Å². The van der Waals surface area contributed by atoms with Crippen LogP contribution in [0.2, 0.25) is 5.02 Å². The van der Waals surface area contributed by atoms with Crippen LogP contribution in [0.5, 0.6) is 5.75 Å². The lowest BCUT2D eigenvalue weighted by Gasteiger charge is -2.14. The lowest BCUT2D eigenvalue weighted by Crippen LogP contribution is -2.15. The molecule has 0 spiro atoms. The third-order valence-electron chi connectivity index (χ3n) is 3.34. The fourth-order valence-corrected chi connectivity index (χ4v) is 2.42. The molecule has 0 N–H and O–H groups in total. The van der Waals surface area contributed by atoms with E-state index >= 15 is 0 Å². The summed E-state index contributed by atoms with van der Waals surface area (Å²) >= 11 is 5.98. The van der Waals surface area contributed by atoms with Gasteiger partial charge in [0.2, 0.25) is 0 Å². The van der Waals surface area contributed by atoms with Crippen LogP contribution in [0.1, 0.15) is 19.4 Å². The molecule has 0 amide bonds. The number of benzene rings is 2. The highest BCUT2D eigenvalue weighted by Gasteiger charge is 2.15. The second kappa shape index (κ2) is 6.94. The lowest BCUT2D eigenvalue weighted by molar-refractivity contribution is -0.385. The van der Waals surface area contributed by atoms with Crippen molar-refractivity contribution in [1.82, 2.24) is 15.2 Å². The van der Waals surface area contributed by atoms with E-state index in [2.05, 4.69) is 10.3 Å². The molecule has 0 saturated heterocycles. The van der Waals surface area contributed by atoms with Crippen LogP contribution in [0.3, 0.4) is 0 Å². The van der Waals surface area contributed by atoms with E-state index in [1.54, 1.807) is 24.3 Å². The average molecular weight is 363 g/mol. The Labute approximate surface area is 148 Å². The molecule has 1 heterocycles. The van der Waals surface area contributed by atoms with E-state index in [1.165, 1.54) is 17.0 Å². The Hall–Kier alpha value is -2.87. The first-order valence-electron chi connectivity index (χ1n) is 7.52. The Morgan fingerprint density at radius 2 is 2.08 bits per heavy atom. The molecule has 0 saturated carbocycles. The van der Waals surface area contributed by atoms with Crippen LogP contribution in [-0.4, -0.2) is 26.2 Å². The first-order chi connectivity index (χ1) is 11.9. The number of non-ortho nitro benzene ring substituents is 1. The van der Waals surface area contributed by atoms with E-state index in [-0.39, 0.29) is 18.4 Å². The van der Waals surface area contributed by atoms with Gasteiger partial charge in [-0.15, -0.1) is 5.10 Å². The minimum atomic E-state index is -0.465. The highest BCUT2D eigenvalue weighted by molar-refractivity contribution is 6.31. The lowest BCUT2D eigenvalue weighted by atomic mass is 10.2. The van der Waals surface area contributed by atoms with Crippen LogP contribution >= 0.6 is 11.6 Å². The summed E-state index contributed by atoms with van der Waals surface area (Å²) in [5.74, 6) is 0.517. The minimum absolute atomic E-state index is 0.0225. The molecular weight excluding hydrogens is 348 g/mol. The predicted molar refractivity (Wildman–Crippen MR) is 91.7 cm³/mol. The summed E-state index contributed by atoms with van der Waals surface area (Å²) in [7, 11) is 0. The van der Waals surface area contributed by atoms with Crippen molar-refractivity contribution in [2.45, 2.75) is 26.6 Å². The second-order valence-electron chi connectivity index (χ2n) is 5.58. The van der Waals surface area contributed by atoms with Gasteiger partial charge in [-0.1, -0.05) is 16.4 Å². The summed E-state index contributed by atoms with van der Waals surface area (Å²) in [6.07, 6.45) is -0.0776. The van der Waals surface area contributed by atoms with Gasteiger partial charge in [0, 0.05) is 22.7 Å². The zero-order valence-electron chi connectivity index (χ0n) is 13.5. The molecule has 0 fully saturated rings. The minimum Gasteiger partial charge on any atom is -0.491 e. The van der Waals surface area contributed by atoms with Gasteiger partial charge in [0.25, 0.3) is 5.69 Å². The number of nitrogens with zero attached hydrogens (tertiary/aromatic N) is 4. The van der Waals surface area contributed by atoms with Crippen molar-refractivity contribution < 1.29 is 14.5 Å². The summed E-state index contributed by atoms with van der Waals surface area (Å²) in [4.78, 5) is 17.4. The number of ether oxygens (including phenoxy) is 1. The molecule has 25 heavy (non-hydrogen) atoms. The van der Waals surface area contributed by atoms with Crippen molar-refractivity contribution in [3.05, 3.63) is 57.1 Å². The van der Waals surface area contributed by atoms with Gasteiger partial charge in [-0.2, -0.15) is 0 Å². The zero-order chi connectivity index (χ0) is 18.0. The maximum atomic E-state index is 11.0. The molecule has 0 aliphatic rings. The van der Waals surface area contributed by atoms with Crippen LogP contribution in [0, 0.1) is 10.1 Å². The number of nitro groups is 1. The van der Waals surface area contributed by atoms with Gasteiger partial charge in [0.1, 0.15) is 23.4 Å². The first kappa shape index (κ1) is 17.0. The third kappa shape index (κ3) is 3.80. The van der Waals surface area contributed by atoms with Crippen LogP contribution in [-0.2, 0) is 6.61 Å². The molecule has 0 atom stereocenters. The molecule has 0 unspecified atom stereocenters. The van der Waals surface area contributed by atoms with Gasteiger partial charge >= 0.3 is 0 Å². The molecule has 8 nitrogen and oxygen atoms in total. The predicted octanol–water partition coefficient (Wildman–Crippen LogP) is 3.41. The quantitative estimate of drug-likeness (QED) is 0.493. The molecule has 0 aliphatic heterocycles. The Bertz CT molecular complexity index is 926. The third-order valence-corrected chi connectivity index (χ3v) is 3.57. The summed E-state index contributed by atoms with van der Waals surface area (Å²) in [5.41, 5.74) is 1.72. The molecule has 0 bridgehead atoms. The van der Waals surface area contributed by atoms with Crippen LogP contribution in [0.15, 0.2) is 36.4 Å². The number of hydrogen-bond donors (Lipinski definition) is 0. The topological polar surface area (TPSA) is 92.3 Å². The summed E-state index contributed by atoms with van der Waals surface area (Å²) in [6.45, 7) is 3.77. The van der Waals surface area contributed by atoms with Gasteiger partial charge in [-0.3, -0.25) is 10.1 Å². The van der Waals surface area contributed by atoms with Gasteiger partial charge in [-0.05, 0) is 43.3 Å². The SMILES string of the molecule is CC(C)Oc1ccc([N+](=O)[O-])cc1COn1nnc2ccc(Cl)cc21. The summed E-state index contributed by atoms with van der Waals surface area (Å²) < 4.78 is 5.69. The fraction of sp³-hybridized carbons (Fsp3) is 0.250. The maximum absolute atomic E-state index is 11.0. The number of nitro benzene ring substituents is 1. The molecule has 130 valence electrons. The summed E-state index contributed by atoms with van der Waals surface area (Å²) in [5, 5.41) is 19.4. The molecule has 3 rings (SSSR count). The Morgan fingerprint density at radius 3 is 2.80 bits per heavy atom. The molecule has 0 aliphatic carbocycles. The van der Waals surface area contributed by atoms with Gasteiger partial charge in [0.15, 0.2) is 0 Å². The van der Waals surface area contributed by atoms with Gasteiger partial charge < -0.3 is 9.57 Å². The van der Waals surface area contributed by atoms with Gasteiger partial charge in [-0.25, -0.2) is 0 Å². The Balaban J connectivity index is 1.88. The van der Waals surface area contributed by atoms with Gasteiger partial charge in [0.05, 0.1) is 11.0 Å². The largest absolute Gasteiger partial charge is 0.491 e. The number of aromatic nitrogens is 3. The molecule has 1 aromatic heterocycles. The average Bonchev–Trinajstić information content (AvgIpc) is 2.95. The molecule has 9 heteroatoms. The van der Waals surface area contributed by atoms with E-state index in [0.29, 0.717) is 27.4 Å². The summed E-state index contributed by atoms with van der Waals surface area (Å²) in [6, 6.07) is 9.49. The van der Waals surface area contributed by atoms with E-state index in [4.69, 9.17) is 21.2 Å². The standard InChI is InChI=1S/C16H15ClN4O4/c1-10(2)25-16-6-4-13(21(22)23)7-11(16)9-24-20-15-8-12(17)3-5-14(15)18-19-20/h3-8,10H,9H2,1-2H3. The molecule has 2 aromatic carbocycles. The number of hydrogen-bond acceptors (Lipinski definition) is 6. The van der Waals surface area contributed by atoms with Crippen LogP contribution in [0.25, 0.3) is 11.0 Å². The second-order valence-corrected chi connectivity index (χ2v) is 6.02. The normalized spacial score (nSPS) is 11.0. The van der Waals surface area contributed by atoms with Crippen molar-refractivity contribution in [1.29, 1.82) is 0 Å². The highest BCUT2D eigenvalue weighted by atomic mass is 35.5. The molecule has 0 radical (unpaired) electrons. The van der Waals surface area contributed by atoms with E-state index in [1.807, 2.05) is 13.8 Å². The van der Waals surface area contributed by atoms with Crippen molar-refractivity contribution in [2.24, 2.45) is 0 Å². The Kier molecular flexibility index (Phi) is 4.71. The van der Waals surface area contributed by atoms with Crippen molar-refractivity contribution in [3.8, 4) is 5.75 Å². The fourth-order valence-electron chi connectivity index (χ4n) is 2.26. The van der Waals surface area contributed by atoms with Crippen molar-refractivity contribution in [3.63, 3.8) is 0 Å². The molecular formula is C16H15ClN4O4. The van der Waals surface area contributed by atoms with Crippen molar-refractivity contribution >= 4 is 28.3 Å². The highest BCUT2D eigenvalue weighted by Crippen LogP contribution is 2.26. The van der Waals surface area contributed by atoms with E-state index in [0.717, 1.165) is 0 Å². The monoisotopic (exact) mass is 362 g/mol. The smallest absolute Gasteiger partial charge is 0.270 e. The number of rotatable bonds is 6. The van der Waals surface area contributed by atoms with E-state index < -0.39 is 4.92 Å². The van der Waals surface area contributed by atoms with Crippen LogP contribution in [0.4, 0.5) is 5.69 Å². The first-order valence-corrected chi connectivity index (χ1v) is 7.90. The maximum Gasteiger partial charge on any atom is 0.270 e. The van der Waals surface area contributed by atoms with E-state index in [9.17, 15) is 10.1 Å². The number of fused-ring (bicyclic) bond motifs is 1. The number of halogens is 1. The van der Waals surface area contributed by atoms with Crippen molar-refractivity contribution in [2.75, 3.05) is 0 Å². The Morgan fingerprint density at radius 1 is 1.28 bits per heavy atom. The molecule has 3 aromatic rings.